The fraction of sp³-hybridized carbons (Fsp3) is 0.417. The standard InChI is InChI=1S/C12H16N2O7/c1-20-10-3-7(5-13-8(6-15)12(16)17)9(14(18)19)4-11(10)21-2/h3-4,8,13,15H,5-6H2,1-2H3,(H,16,17)/t8-/m0/s1. The molecule has 0 fully saturated rings. The zero-order valence-electron chi connectivity index (χ0n) is 11.5. The van der Waals surface area contributed by atoms with E-state index in [0.717, 1.165) is 0 Å². The minimum atomic E-state index is -1.25. The lowest BCUT2D eigenvalue weighted by molar-refractivity contribution is -0.385. The van der Waals surface area contributed by atoms with Gasteiger partial charge in [0.15, 0.2) is 11.5 Å². The van der Waals surface area contributed by atoms with Crippen molar-refractivity contribution in [3.63, 3.8) is 0 Å². The fourth-order valence-electron chi connectivity index (χ4n) is 1.69. The van der Waals surface area contributed by atoms with Crippen LogP contribution in [0.1, 0.15) is 5.56 Å². The molecule has 0 saturated carbocycles. The zero-order valence-corrected chi connectivity index (χ0v) is 11.5. The molecule has 0 aliphatic rings. The van der Waals surface area contributed by atoms with Gasteiger partial charge in [0.1, 0.15) is 6.04 Å². The molecule has 116 valence electrons. The maximum atomic E-state index is 11.1. The first-order valence-corrected chi connectivity index (χ1v) is 5.90. The molecule has 9 nitrogen and oxygen atoms in total. The van der Waals surface area contributed by atoms with Gasteiger partial charge in [-0.05, 0) is 6.07 Å². The van der Waals surface area contributed by atoms with Gasteiger partial charge >= 0.3 is 5.97 Å². The largest absolute Gasteiger partial charge is 0.493 e. The summed E-state index contributed by atoms with van der Waals surface area (Å²) in [6.45, 7) is -0.745. The first-order chi connectivity index (χ1) is 9.94. The Hall–Kier alpha value is -2.39. The maximum absolute atomic E-state index is 11.1. The molecule has 0 radical (unpaired) electrons. The molecule has 0 aliphatic heterocycles. The number of nitrogens with one attached hydrogen (secondary N) is 1. The molecule has 1 atom stereocenters. The Bertz CT molecular complexity index is 533. The lowest BCUT2D eigenvalue weighted by Gasteiger charge is -2.14. The summed E-state index contributed by atoms with van der Waals surface area (Å²) in [6, 6.07) is 1.38. The van der Waals surface area contributed by atoms with Gasteiger partial charge in [-0.25, -0.2) is 0 Å². The number of hydrogen-bond acceptors (Lipinski definition) is 7. The number of hydrogen-bond donors (Lipinski definition) is 3. The van der Waals surface area contributed by atoms with Gasteiger partial charge in [-0.15, -0.1) is 0 Å². The van der Waals surface area contributed by atoms with Crippen LogP contribution in [-0.4, -0.2) is 48.0 Å². The van der Waals surface area contributed by atoms with Crippen LogP contribution in [-0.2, 0) is 11.3 Å². The number of carbonyl (C=O) groups is 1. The lowest BCUT2D eigenvalue weighted by Crippen LogP contribution is -2.39. The molecular weight excluding hydrogens is 284 g/mol. The fourth-order valence-corrected chi connectivity index (χ4v) is 1.69. The third kappa shape index (κ3) is 4.04. The normalized spacial score (nSPS) is 11.8. The van der Waals surface area contributed by atoms with Crippen molar-refractivity contribution in [3.8, 4) is 11.5 Å². The van der Waals surface area contributed by atoms with Crippen molar-refractivity contribution >= 4 is 11.7 Å². The minimum Gasteiger partial charge on any atom is -0.493 e. The molecule has 0 saturated heterocycles. The topological polar surface area (TPSA) is 131 Å². The number of aliphatic hydroxyl groups is 1. The van der Waals surface area contributed by atoms with E-state index in [-0.39, 0.29) is 29.3 Å². The van der Waals surface area contributed by atoms with Crippen molar-refractivity contribution in [3.05, 3.63) is 27.8 Å². The molecule has 9 heteroatoms. The monoisotopic (exact) mass is 300 g/mol. The second kappa shape index (κ2) is 7.41. The molecule has 0 bridgehead atoms. The number of benzene rings is 1. The molecule has 21 heavy (non-hydrogen) atoms. The number of ether oxygens (including phenoxy) is 2. The predicted molar refractivity (Wildman–Crippen MR) is 71.5 cm³/mol. The van der Waals surface area contributed by atoms with Crippen LogP contribution < -0.4 is 14.8 Å². The second-order valence-corrected chi connectivity index (χ2v) is 4.05. The van der Waals surface area contributed by atoms with Crippen molar-refractivity contribution in [2.45, 2.75) is 12.6 Å². The Kier molecular flexibility index (Phi) is 5.88. The summed E-state index contributed by atoms with van der Waals surface area (Å²) in [4.78, 5) is 21.2. The van der Waals surface area contributed by atoms with Gasteiger partial charge in [-0.3, -0.25) is 20.2 Å². The number of aliphatic carboxylic acids is 1. The molecule has 0 amide bonds. The van der Waals surface area contributed by atoms with Crippen molar-refractivity contribution < 1.29 is 29.4 Å². The number of methoxy groups -OCH3 is 2. The van der Waals surface area contributed by atoms with Crippen LogP contribution in [0.2, 0.25) is 0 Å². The van der Waals surface area contributed by atoms with Crippen LogP contribution in [0.15, 0.2) is 12.1 Å². The third-order valence-corrected chi connectivity index (χ3v) is 2.80. The molecule has 0 aliphatic carbocycles. The van der Waals surface area contributed by atoms with E-state index >= 15 is 0 Å². The second-order valence-electron chi connectivity index (χ2n) is 4.05. The van der Waals surface area contributed by atoms with Crippen LogP contribution in [0.3, 0.4) is 0 Å². The van der Waals surface area contributed by atoms with Gasteiger partial charge in [0.05, 0.1) is 31.8 Å². The van der Waals surface area contributed by atoms with E-state index in [4.69, 9.17) is 19.7 Å². The Balaban J connectivity index is 3.09. The van der Waals surface area contributed by atoms with E-state index in [1.807, 2.05) is 0 Å². The van der Waals surface area contributed by atoms with Crippen molar-refractivity contribution in [2.75, 3.05) is 20.8 Å². The number of carboxylic acid groups (broad SMARTS) is 1. The highest BCUT2D eigenvalue weighted by molar-refractivity contribution is 5.73. The molecule has 1 rings (SSSR count). The highest BCUT2D eigenvalue weighted by Crippen LogP contribution is 2.34. The lowest BCUT2D eigenvalue weighted by atomic mass is 10.1. The van der Waals surface area contributed by atoms with Crippen molar-refractivity contribution in [2.24, 2.45) is 0 Å². The first kappa shape index (κ1) is 16.7. The average molecular weight is 300 g/mol. The van der Waals surface area contributed by atoms with Gasteiger partial charge in [0.2, 0.25) is 0 Å². The van der Waals surface area contributed by atoms with Crippen LogP contribution in [0.4, 0.5) is 5.69 Å². The number of nitrogens with zero attached hydrogens (tertiary/aromatic N) is 1. The van der Waals surface area contributed by atoms with Crippen molar-refractivity contribution in [1.82, 2.24) is 5.32 Å². The molecule has 0 spiro atoms. The highest BCUT2D eigenvalue weighted by atomic mass is 16.6. The summed E-state index contributed by atoms with van der Waals surface area (Å²) in [5, 5.41) is 31.3. The van der Waals surface area contributed by atoms with Gasteiger partial charge in [0.25, 0.3) is 5.69 Å². The Labute approximate surface area is 120 Å². The van der Waals surface area contributed by atoms with Crippen LogP contribution in [0, 0.1) is 10.1 Å². The predicted octanol–water partition coefficient (Wildman–Crippen LogP) is 0.147. The van der Waals surface area contributed by atoms with Gasteiger partial charge in [-0.1, -0.05) is 0 Å². The smallest absolute Gasteiger partial charge is 0.323 e. The van der Waals surface area contributed by atoms with Crippen molar-refractivity contribution in [1.29, 1.82) is 0 Å². The molecule has 0 aromatic heterocycles. The van der Waals surface area contributed by atoms with E-state index in [1.54, 1.807) is 0 Å². The molecule has 0 unspecified atom stereocenters. The number of nitro benzene ring substituents is 1. The molecule has 1 aromatic rings. The summed E-state index contributed by atoms with van der Waals surface area (Å²) in [5.74, 6) is -0.763. The summed E-state index contributed by atoms with van der Waals surface area (Å²) in [6.07, 6.45) is 0. The Morgan fingerprint density at radius 1 is 1.38 bits per heavy atom. The quantitative estimate of drug-likeness (QED) is 0.456. The average Bonchev–Trinajstić information content (AvgIpc) is 2.46. The van der Waals surface area contributed by atoms with E-state index in [1.165, 1.54) is 26.4 Å². The summed E-state index contributed by atoms with van der Waals surface area (Å²) in [7, 11) is 2.74. The van der Waals surface area contributed by atoms with Crippen LogP contribution in [0.25, 0.3) is 0 Å². The SMILES string of the molecule is COc1cc(CN[C@@H](CO)C(=O)O)c([N+](=O)[O-])cc1OC. The van der Waals surface area contributed by atoms with E-state index in [0.29, 0.717) is 0 Å². The summed E-state index contributed by atoms with van der Waals surface area (Å²) in [5.41, 5.74) is -0.0143. The van der Waals surface area contributed by atoms with E-state index < -0.39 is 23.5 Å². The molecule has 0 heterocycles. The molecular formula is C12H16N2O7. The summed E-state index contributed by atoms with van der Waals surface area (Å²) < 4.78 is 10.0. The third-order valence-electron chi connectivity index (χ3n) is 2.80. The van der Waals surface area contributed by atoms with Crippen LogP contribution >= 0.6 is 0 Å². The van der Waals surface area contributed by atoms with E-state index in [9.17, 15) is 14.9 Å². The summed E-state index contributed by atoms with van der Waals surface area (Å²) >= 11 is 0. The van der Waals surface area contributed by atoms with Gasteiger partial charge < -0.3 is 19.7 Å². The number of carboxylic acids is 1. The number of aliphatic hydroxyl groups excluding tert-OH is 1. The Morgan fingerprint density at radius 3 is 2.38 bits per heavy atom. The number of rotatable bonds is 8. The minimum absolute atomic E-state index is 0.117. The molecule has 3 N–H and O–H groups in total. The van der Waals surface area contributed by atoms with Gasteiger partial charge in [0, 0.05) is 12.1 Å². The van der Waals surface area contributed by atoms with Gasteiger partial charge in [-0.2, -0.15) is 0 Å². The molecule has 1 aromatic carbocycles. The van der Waals surface area contributed by atoms with Crippen LogP contribution in [0.5, 0.6) is 11.5 Å². The maximum Gasteiger partial charge on any atom is 0.323 e. The first-order valence-electron chi connectivity index (χ1n) is 5.90. The Morgan fingerprint density at radius 2 is 1.95 bits per heavy atom. The highest BCUT2D eigenvalue weighted by Gasteiger charge is 2.22. The number of nitro groups is 1. The zero-order chi connectivity index (χ0) is 16.0. The van der Waals surface area contributed by atoms with E-state index in [2.05, 4.69) is 5.32 Å².